The van der Waals surface area contributed by atoms with Gasteiger partial charge in [-0.1, -0.05) is 24.3 Å². The van der Waals surface area contributed by atoms with Gasteiger partial charge < -0.3 is 9.32 Å². The van der Waals surface area contributed by atoms with Crippen molar-refractivity contribution >= 4 is 5.91 Å². The zero-order valence-electron chi connectivity index (χ0n) is 10.3. The van der Waals surface area contributed by atoms with Crippen LogP contribution < -0.4 is 0 Å². The topological polar surface area (TPSA) is 33.5 Å². The van der Waals surface area contributed by atoms with Gasteiger partial charge in [-0.2, -0.15) is 0 Å². The van der Waals surface area contributed by atoms with Crippen molar-refractivity contribution in [1.29, 1.82) is 0 Å². The van der Waals surface area contributed by atoms with Gasteiger partial charge in [0.2, 0.25) is 0 Å². The average molecular weight is 241 g/mol. The number of carbonyl (C=O) groups is 1. The molecule has 1 aliphatic rings. The summed E-state index contributed by atoms with van der Waals surface area (Å²) in [6.07, 6.45) is 2.49. The Morgan fingerprint density at radius 2 is 2.00 bits per heavy atom. The summed E-state index contributed by atoms with van der Waals surface area (Å²) in [5, 5.41) is 0. The molecule has 0 fully saturated rings. The van der Waals surface area contributed by atoms with E-state index in [9.17, 15) is 4.79 Å². The number of hydrogen-bond donors (Lipinski definition) is 0. The van der Waals surface area contributed by atoms with E-state index in [2.05, 4.69) is 12.1 Å². The zero-order valence-corrected chi connectivity index (χ0v) is 10.3. The SMILES string of the molecule is Cc1ccoc1C(=O)N1CCc2ccccc2C1. The number of aryl methyl sites for hydroxylation is 1. The number of hydrogen-bond acceptors (Lipinski definition) is 2. The molecule has 1 aromatic heterocycles. The molecule has 0 aliphatic carbocycles. The molecule has 0 saturated heterocycles. The predicted molar refractivity (Wildman–Crippen MR) is 68.3 cm³/mol. The molecule has 0 atom stereocenters. The van der Waals surface area contributed by atoms with E-state index in [0.717, 1.165) is 18.5 Å². The van der Waals surface area contributed by atoms with Crippen LogP contribution in [-0.2, 0) is 13.0 Å². The predicted octanol–water partition coefficient (Wildman–Crippen LogP) is 2.79. The van der Waals surface area contributed by atoms with Crippen molar-refractivity contribution in [1.82, 2.24) is 4.90 Å². The van der Waals surface area contributed by atoms with Crippen molar-refractivity contribution in [2.24, 2.45) is 0 Å². The van der Waals surface area contributed by atoms with Crippen molar-refractivity contribution < 1.29 is 9.21 Å². The third-order valence-electron chi connectivity index (χ3n) is 3.47. The van der Waals surface area contributed by atoms with E-state index >= 15 is 0 Å². The maximum atomic E-state index is 12.3. The molecule has 0 N–H and O–H groups in total. The van der Waals surface area contributed by atoms with Crippen LogP contribution in [0.1, 0.15) is 27.2 Å². The molecule has 0 saturated carbocycles. The summed E-state index contributed by atoms with van der Waals surface area (Å²) in [5.74, 6) is 0.460. The maximum absolute atomic E-state index is 12.3. The van der Waals surface area contributed by atoms with Crippen molar-refractivity contribution in [2.75, 3.05) is 6.54 Å². The van der Waals surface area contributed by atoms with Crippen LogP contribution in [0.3, 0.4) is 0 Å². The van der Waals surface area contributed by atoms with Crippen molar-refractivity contribution in [2.45, 2.75) is 19.9 Å². The molecule has 1 aromatic carbocycles. The molecule has 2 aromatic rings. The van der Waals surface area contributed by atoms with Crippen LogP contribution in [0.5, 0.6) is 0 Å². The molecule has 3 rings (SSSR count). The quantitative estimate of drug-likeness (QED) is 0.769. The number of furan rings is 1. The van der Waals surface area contributed by atoms with Gasteiger partial charge in [0, 0.05) is 18.7 Å². The molecule has 0 radical (unpaired) electrons. The first-order valence-electron chi connectivity index (χ1n) is 6.16. The summed E-state index contributed by atoms with van der Waals surface area (Å²) in [6, 6.07) is 10.1. The van der Waals surface area contributed by atoms with Gasteiger partial charge in [0.25, 0.3) is 5.91 Å². The molecule has 0 spiro atoms. The standard InChI is InChI=1S/C15H15NO2/c1-11-7-9-18-14(11)15(17)16-8-6-12-4-2-3-5-13(12)10-16/h2-5,7,9H,6,8,10H2,1H3. The lowest BCUT2D eigenvalue weighted by molar-refractivity contribution is 0.0701. The monoisotopic (exact) mass is 241 g/mol. The third-order valence-corrected chi connectivity index (χ3v) is 3.47. The first-order chi connectivity index (χ1) is 8.75. The molecule has 0 unspecified atom stereocenters. The summed E-state index contributed by atoms with van der Waals surface area (Å²) in [7, 11) is 0. The van der Waals surface area contributed by atoms with E-state index in [0.29, 0.717) is 12.3 Å². The molecule has 3 heteroatoms. The smallest absolute Gasteiger partial charge is 0.290 e. The minimum Gasteiger partial charge on any atom is -0.459 e. The summed E-state index contributed by atoms with van der Waals surface area (Å²) in [4.78, 5) is 14.2. The highest BCUT2D eigenvalue weighted by Crippen LogP contribution is 2.21. The normalized spacial score (nSPS) is 14.4. The Balaban J connectivity index is 1.84. The fourth-order valence-electron chi connectivity index (χ4n) is 2.40. The van der Waals surface area contributed by atoms with Gasteiger partial charge in [0.05, 0.1) is 6.26 Å². The van der Waals surface area contributed by atoms with Gasteiger partial charge in [0.1, 0.15) is 0 Å². The second-order valence-electron chi connectivity index (χ2n) is 4.68. The lowest BCUT2D eigenvalue weighted by Gasteiger charge is -2.28. The molecule has 2 heterocycles. The van der Waals surface area contributed by atoms with E-state index in [1.165, 1.54) is 11.1 Å². The van der Waals surface area contributed by atoms with E-state index < -0.39 is 0 Å². The summed E-state index contributed by atoms with van der Waals surface area (Å²) in [6.45, 7) is 3.33. The van der Waals surface area contributed by atoms with Crippen LogP contribution >= 0.6 is 0 Å². The van der Waals surface area contributed by atoms with Crippen molar-refractivity contribution in [3.63, 3.8) is 0 Å². The Hall–Kier alpha value is -2.03. The second-order valence-corrected chi connectivity index (χ2v) is 4.68. The molecular weight excluding hydrogens is 226 g/mol. The lowest BCUT2D eigenvalue weighted by Crippen LogP contribution is -2.36. The van der Waals surface area contributed by atoms with E-state index in [4.69, 9.17) is 4.42 Å². The molecule has 0 bridgehead atoms. The van der Waals surface area contributed by atoms with Crippen LogP contribution in [0, 0.1) is 6.92 Å². The van der Waals surface area contributed by atoms with Crippen LogP contribution in [0.25, 0.3) is 0 Å². The highest BCUT2D eigenvalue weighted by molar-refractivity contribution is 5.93. The van der Waals surface area contributed by atoms with Gasteiger partial charge >= 0.3 is 0 Å². The van der Waals surface area contributed by atoms with E-state index in [-0.39, 0.29) is 5.91 Å². The van der Waals surface area contributed by atoms with Gasteiger partial charge in [-0.15, -0.1) is 0 Å². The highest BCUT2D eigenvalue weighted by Gasteiger charge is 2.24. The van der Waals surface area contributed by atoms with E-state index in [1.54, 1.807) is 6.26 Å². The summed E-state index contributed by atoms with van der Waals surface area (Å²) < 4.78 is 5.28. The van der Waals surface area contributed by atoms with Crippen LogP contribution in [0.2, 0.25) is 0 Å². The Morgan fingerprint density at radius 3 is 2.72 bits per heavy atom. The minimum absolute atomic E-state index is 0.00740. The number of rotatable bonds is 1. The Bertz CT molecular complexity index is 586. The zero-order chi connectivity index (χ0) is 12.5. The Labute approximate surface area is 106 Å². The van der Waals surface area contributed by atoms with Gasteiger partial charge in [0.15, 0.2) is 5.76 Å². The number of carbonyl (C=O) groups excluding carboxylic acids is 1. The largest absolute Gasteiger partial charge is 0.459 e. The summed E-state index contributed by atoms with van der Waals surface area (Å²) in [5.41, 5.74) is 3.48. The fourth-order valence-corrected chi connectivity index (χ4v) is 2.40. The van der Waals surface area contributed by atoms with Crippen LogP contribution in [0.4, 0.5) is 0 Å². The molecule has 3 nitrogen and oxygen atoms in total. The maximum Gasteiger partial charge on any atom is 0.290 e. The molecular formula is C15H15NO2. The van der Waals surface area contributed by atoms with Gasteiger partial charge in [-0.05, 0) is 30.5 Å². The number of nitrogens with zero attached hydrogens (tertiary/aromatic N) is 1. The second kappa shape index (κ2) is 4.33. The van der Waals surface area contributed by atoms with Gasteiger partial charge in [-0.25, -0.2) is 0 Å². The lowest BCUT2D eigenvalue weighted by atomic mass is 10.00. The van der Waals surface area contributed by atoms with E-state index in [1.807, 2.05) is 30.0 Å². The number of amides is 1. The average Bonchev–Trinajstić information content (AvgIpc) is 2.83. The first kappa shape index (κ1) is 11.1. The minimum atomic E-state index is -0.00740. The van der Waals surface area contributed by atoms with Crippen molar-refractivity contribution in [3.8, 4) is 0 Å². The fraction of sp³-hybridized carbons (Fsp3) is 0.267. The number of fused-ring (bicyclic) bond motifs is 1. The molecule has 92 valence electrons. The Morgan fingerprint density at radius 1 is 1.22 bits per heavy atom. The highest BCUT2D eigenvalue weighted by atomic mass is 16.3. The van der Waals surface area contributed by atoms with Gasteiger partial charge in [-0.3, -0.25) is 4.79 Å². The molecule has 1 amide bonds. The molecule has 18 heavy (non-hydrogen) atoms. The Kier molecular flexibility index (Phi) is 2.67. The number of benzene rings is 1. The van der Waals surface area contributed by atoms with Crippen molar-refractivity contribution in [3.05, 3.63) is 59.0 Å². The van der Waals surface area contributed by atoms with Crippen LogP contribution in [0.15, 0.2) is 41.0 Å². The third kappa shape index (κ3) is 1.82. The first-order valence-corrected chi connectivity index (χ1v) is 6.16. The van der Waals surface area contributed by atoms with Crippen LogP contribution in [-0.4, -0.2) is 17.4 Å². The summed E-state index contributed by atoms with van der Waals surface area (Å²) >= 11 is 0. The molecule has 1 aliphatic heterocycles.